The van der Waals surface area contributed by atoms with E-state index in [0.717, 1.165) is 17.8 Å². The largest absolute Gasteiger partial charge is 0.292 e. The molecular formula is C17H13ClN2OS. The number of hydrogen-bond donors (Lipinski definition) is 0. The highest BCUT2D eigenvalue weighted by atomic mass is 35.5. The molecule has 0 saturated heterocycles. The van der Waals surface area contributed by atoms with Gasteiger partial charge in [-0.25, -0.2) is 4.98 Å². The van der Waals surface area contributed by atoms with Gasteiger partial charge in [0.2, 0.25) is 0 Å². The van der Waals surface area contributed by atoms with E-state index in [4.69, 9.17) is 11.6 Å². The fraction of sp³-hybridized carbons (Fsp3) is 0.176. The van der Waals surface area contributed by atoms with Crippen LogP contribution in [0.1, 0.15) is 22.0 Å². The maximum atomic E-state index is 12.6. The number of rotatable bonds is 1. The van der Waals surface area contributed by atoms with E-state index < -0.39 is 0 Å². The van der Waals surface area contributed by atoms with Gasteiger partial charge in [0, 0.05) is 21.3 Å². The lowest BCUT2D eigenvalue weighted by Crippen LogP contribution is -2.20. The summed E-state index contributed by atoms with van der Waals surface area (Å²) in [6.45, 7) is 2.77. The van der Waals surface area contributed by atoms with Crippen LogP contribution in [0, 0.1) is 6.92 Å². The number of aryl methyl sites for hydroxylation is 1. The Morgan fingerprint density at radius 2 is 2.18 bits per heavy atom. The van der Waals surface area contributed by atoms with Gasteiger partial charge in [-0.3, -0.25) is 9.36 Å². The van der Waals surface area contributed by atoms with Gasteiger partial charge in [0.15, 0.2) is 0 Å². The van der Waals surface area contributed by atoms with Crippen molar-refractivity contribution in [3.63, 3.8) is 0 Å². The first-order valence-corrected chi connectivity index (χ1v) is 8.29. The highest BCUT2D eigenvalue weighted by Gasteiger charge is 2.21. The third-order valence-corrected chi connectivity index (χ3v) is 5.07. The van der Waals surface area contributed by atoms with Crippen molar-refractivity contribution in [2.45, 2.75) is 19.9 Å². The summed E-state index contributed by atoms with van der Waals surface area (Å²) in [5.74, 6) is 0.783. The van der Waals surface area contributed by atoms with Gasteiger partial charge in [-0.15, -0.1) is 11.3 Å². The Morgan fingerprint density at radius 1 is 1.32 bits per heavy atom. The van der Waals surface area contributed by atoms with Gasteiger partial charge in [0.05, 0.1) is 10.9 Å². The molecule has 0 bridgehead atoms. The Hall–Kier alpha value is -1.91. The molecule has 0 amide bonds. The summed E-state index contributed by atoms with van der Waals surface area (Å²) in [5, 5.41) is 1.15. The van der Waals surface area contributed by atoms with Crippen LogP contribution in [0.3, 0.4) is 0 Å². The maximum absolute atomic E-state index is 12.6. The predicted molar refractivity (Wildman–Crippen MR) is 92.6 cm³/mol. The van der Waals surface area contributed by atoms with Gasteiger partial charge in [-0.05, 0) is 55.3 Å². The molecule has 0 atom stereocenters. The quantitative estimate of drug-likeness (QED) is 0.665. The lowest BCUT2D eigenvalue weighted by molar-refractivity contribution is 0.725. The molecule has 1 aliphatic rings. The van der Waals surface area contributed by atoms with Crippen LogP contribution in [0.5, 0.6) is 0 Å². The van der Waals surface area contributed by atoms with Gasteiger partial charge in [0.1, 0.15) is 5.82 Å². The van der Waals surface area contributed by atoms with Crippen LogP contribution in [0.25, 0.3) is 22.6 Å². The number of benzene rings is 1. The van der Waals surface area contributed by atoms with Crippen molar-refractivity contribution >= 4 is 45.5 Å². The number of allylic oxidation sites excluding steroid dienone is 1. The number of fused-ring (bicyclic) bond motifs is 2. The Morgan fingerprint density at radius 3 is 2.95 bits per heavy atom. The Bertz CT molecular complexity index is 984. The molecule has 3 heterocycles. The van der Waals surface area contributed by atoms with E-state index in [1.807, 2.05) is 6.07 Å². The molecule has 0 N–H and O–H groups in total. The SMILES string of the molecule is Cc1ccc(/C=C2/CCn3c2nc2ccc(Cl)cc2c3=O)s1. The van der Waals surface area contributed by atoms with Gasteiger partial charge >= 0.3 is 0 Å². The highest BCUT2D eigenvalue weighted by molar-refractivity contribution is 7.12. The molecule has 5 heteroatoms. The zero-order valence-corrected chi connectivity index (χ0v) is 13.5. The minimum Gasteiger partial charge on any atom is -0.292 e. The standard InChI is InChI=1S/C17H13ClN2OS/c1-10-2-4-13(22-10)8-11-6-7-20-16(11)19-15-5-3-12(18)9-14(15)17(20)21/h2-5,8-9H,6-7H2,1H3/b11-8-. The molecule has 1 aliphatic heterocycles. The molecule has 0 aliphatic carbocycles. The first-order valence-electron chi connectivity index (χ1n) is 7.09. The first-order chi connectivity index (χ1) is 10.6. The van der Waals surface area contributed by atoms with E-state index in [9.17, 15) is 4.79 Å². The monoisotopic (exact) mass is 328 g/mol. The first kappa shape index (κ1) is 13.7. The molecule has 22 heavy (non-hydrogen) atoms. The summed E-state index contributed by atoms with van der Waals surface area (Å²) in [7, 11) is 0. The Kier molecular flexibility index (Phi) is 3.17. The number of aromatic nitrogens is 2. The molecule has 2 aromatic heterocycles. The summed E-state index contributed by atoms with van der Waals surface area (Å²) in [5.41, 5.74) is 1.82. The van der Waals surface area contributed by atoms with Crippen molar-refractivity contribution in [2.75, 3.05) is 0 Å². The zero-order chi connectivity index (χ0) is 15.3. The molecule has 4 rings (SSSR count). The Labute approximate surface area is 136 Å². The third-order valence-electron chi connectivity index (χ3n) is 3.89. The van der Waals surface area contributed by atoms with Crippen molar-refractivity contribution in [3.05, 3.63) is 61.3 Å². The van der Waals surface area contributed by atoms with Gasteiger partial charge in [0.25, 0.3) is 5.56 Å². The fourth-order valence-electron chi connectivity index (χ4n) is 2.83. The second-order valence-electron chi connectivity index (χ2n) is 5.42. The van der Waals surface area contributed by atoms with E-state index in [1.54, 1.807) is 28.0 Å². The van der Waals surface area contributed by atoms with Crippen molar-refractivity contribution in [1.82, 2.24) is 9.55 Å². The molecule has 110 valence electrons. The van der Waals surface area contributed by atoms with E-state index in [-0.39, 0.29) is 5.56 Å². The summed E-state index contributed by atoms with van der Waals surface area (Å²) >= 11 is 7.74. The molecule has 0 fully saturated rings. The molecule has 3 nitrogen and oxygen atoms in total. The van der Waals surface area contributed by atoms with Gasteiger partial charge < -0.3 is 0 Å². The summed E-state index contributed by atoms with van der Waals surface area (Å²) in [4.78, 5) is 19.8. The minimum atomic E-state index is -0.00624. The zero-order valence-electron chi connectivity index (χ0n) is 12.0. The normalized spacial score (nSPS) is 15.6. The lowest BCUT2D eigenvalue weighted by atomic mass is 10.2. The molecule has 0 radical (unpaired) electrons. The van der Waals surface area contributed by atoms with Crippen molar-refractivity contribution in [2.24, 2.45) is 0 Å². The van der Waals surface area contributed by atoms with E-state index in [1.165, 1.54) is 9.75 Å². The number of hydrogen-bond acceptors (Lipinski definition) is 3. The summed E-state index contributed by atoms with van der Waals surface area (Å²) in [6.07, 6.45) is 2.98. The summed E-state index contributed by atoms with van der Waals surface area (Å²) in [6, 6.07) is 9.49. The fourth-order valence-corrected chi connectivity index (χ4v) is 3.85. The van der Waals surface area contributed by atoms with Crippen LogP contribution in [-0.2, 0) is 6.54 Å². The predicted octanol–water partition coefficient (Wildman–Crippen LogP) is 4.36. The van der Waals surface area contributed by atoms with E-state index in [0.29, 0.717) is 22.5 Å². The van der Waals surface area contributed by atoms with Crippen LogP contribution in [-0.4, -0.2) is 9.55 Å². The molecule has 0 unspecified atom stereocenters. The average Bonchev–Trinajstić information content (AvgIpc) is 3.08. The van der Waals surface area contributed by atoms with Crippen LogP contribution in [0.4, 0.5) is 0 Å². The smallest absolute Gasteiger partial charge is 0.261 e. The van der Waals surface area contributed by atoms with Crippen molar-refractivity contribution in [1.29, 1.82) is 0 Å². The van der Waals surface area contributed by atoms with Crippen LogP contribution in [0.2, 0.25) is 5.02 Å². The number of thiophene rings is 1. The molecule has 0 saturated carbocycles. The van der Waals surface area contributed by atoms with Crippen LogP contribution < -0.4 is 5.56 Å². The van der Waals surface area contributed by atoms with Crippen LogP contribution >= 0.6 is 22.9 Å². The van der Waals surface area contributed by atoms with Crippen molar-refractivity contribution < 1.29 is 0 Å². The third kappa shape index (κ3) is 2.19. The van der Waals surface area contributed by atoms with Gasteiger partial charge in [-0.2, -0.15) is 0 Å². The van der Waals surface area contributed by atoms with E-state index in [2.05, 4.69) is 30.1 Å². The molecular weight excluding hydrogens is 316 g/mol. The topological polar surface area (TPSA) is 34.9 Å². The maximum Gasteiger partial charge on any atom is 0.261 e. The highest BCUT2D eigenvalue weighted by Crippen LogP contribution is 2.29. The van der Waals surface area contributed by atoms with Crippen LogP contribution in [0.15, 0.2) is 35.1 Å². The Balaban J connectivity index is 1.92. The minimum absolute atomic E-state index is 0.00624. The number of halogens is 1. The molecule has 0 spiro atoms. The lowest BCUT2D eigenvalue weighted by Gasteiger charge is -2.05. The average molecular weight is 329 g/mol. The van der Waals surface area contributed by atoms with E-state index >= 15 is 0 Å². The summed E-state index contributed by atoms with van der Waals surface area (Å²) < 4.78 is 1.75. The second-order valence-corrected chi connectivity index (χ2v) is 7.18. The second kappa shape index (κ2) is 5.07. The van der Waals surface area contributed by atoms with Crippen molar-refractivity contribution in [3.8, 4) is 0 Å². The van der Waals surface area contributed by atoms with Gasteiger partial charge in [-0.1, -0.05) is 11.6 Å². The molecule has 1 aromatic carbocycles. The molecule has 3 aromatic rings. The number of nitrogens with zero attached hydrogens (tertiary/aromatic N) is 2.